The van der Waals surface area contributed by atoms with Gasteiger partial charge in [0.05, 0.1) is 17.9 Å². The molecule has 0 radical (unpaired) electrons. The Bertz CT molecular complexity index is 601. The van der Waals surface area contributed by atoms with Crippen LogP contribution in [-0.2, 0) is 6.54 Å². The van der Waals surface area contributed by atoms with Crippen LogP contribution in [0.5, 0.6) is 0 Å². The van der Waals surface area contributed by atoms with Gasteiger partial charge in [-0.2, -0.15) is 0 Å². The molecule has 1 aromatic carbocycles. The maximum Gasteiger partial charge on any atom is 0.339 e. The van der Waals surface area contributed by atoms with Crippen molar-refractivity contribution in [2.75, 3.05) is 5.32 Å². The van der Waals surface area contributed by atoms with Crippen LogP contribution in [0.25, 0.3) is 0 Å². The van der Waals surface area contributed by atoms with Gasteiger partial charge in [0.2, 0.25) is 0 Å². The number of hydrogen-bond acceptors (Lipinski definition) is 4. The van der Waals surface area contributed by atoms with Crippen LogP contribution in [0.2, 0.25) is 0 Å². The Morgan fingerprint density at radius 2 is 2.26 bits per heavy atom. The van der Waals surface area contributed by atoms with Crippen molar-refractivity contribution in [3.63, 3.8) is 0 Å². The Balaban J connectivity index is 2.22. The molecule has 1 aromatic heterocycles. The summed E-state index contributed by atoms with van der Waals surface area (Å²) >= 11 is 3.22. The monoisotopic (exact) mass is 325 g/mol. The van der Waals surface area contributed by atoms with Crippen molar-refractivity contribution in [2.45, 2.75) is 6.54 Å². The summed E-state index contributed by atoms with van der Waals surface area (Å²) in [6, 6.07) is 4.56. The highest BCUT2D eigenvalue weighted by Gasteiger charge is 2.12. The second kappa shape index (κ2) is 5.75. The summed E-state index contributed by atoms with van der Waals surface area (Å²) in [5, 5.41) is 11.8. The summed E-state index contributed by atoms with van der Waals surface area (Å²) in [6.07, 6.45) is 2.46. The molecule has 0 aliphatic rings. The summed E-state index contributed by atoms with van der Waals surface area (Å²) in [7, 11) is 0. The first-order valence-electron chi connectivity index (χ1n) is 5.29. The van der Waals surface area contributed by atoms with Crippen molar-refractivity contribution >= 4 is 27.6 Å². The number of para-hydroxylation sites is 1. The molecule has 0 spiro atoms. The van der Waals surface area contributed by atoms with E-state index < -0.39 is 11.8 Å². The molecule has 98 valence electrons. The zero-order valence-electron chi connectivity index (χ0n) is 9.60. The van der Waals surface area contributed by atoms with Gasteiger partial charge in [-0.25, -0.2) is 19.2 Å². The summed E-state index contributed by atoms with van der Waals surface area (Å²) in [5.41, 5.74) is 0.539. The third-order valence-electron chi connectivity index (χ3n) is 2.42. The molecule has 7 heteroatoms. The third-order valence-corrected chi connectivity index (χ3v) is 3.08. The number of hydrogen-bond donors (Lipinski definition) is 2. The maximum absolute atomic E-state index is 13.6. The highest BCUT2D eigenvalue weighted by atomic mass is 79.9. The van der Waals surface area contributed by atoms with Gasteiger partial charge in [-0.15, -0.1) is 0 Å². The summed E-state index contributed by atoms with van der Waals surface area (Å²) in [4.78, 5) is 18.5. The highest BCUT2D eigenvalue weighted by molar-refractivity contribution is 9.10. The molecular formula is C12H9BrFN3O2. The minimum absolute atomic E-state index is 0.0116. The lowest BCUT2D eigenvalue weighted by Gasteiger charge is -2.10. The summed E-state index contributed by atoms with van der Waals surface area (Å²) in [6.45, 7) is 0.0870. The third kappa shape index (κ3) is 3.05. The molecule has 0 aliphatic carbocycles. The van der Waals surface area contributed by atoms with Crippen LogP contribution in [0, 0.1) is 5.82 Å². The predicted octanol–water partition coefficient (Wildman–Crippen LogP) is 2.69. The predicted molar refractivity (Wildman–Crippen MR) is 70.4 cm³/mol. The number of halogens is 2. The van der Waals surface area contributed by atoms with Crippen LogP contribution in [-0.4, -0.2) is 21.0 Å². The van der Waals surface area contributed by atoms with E-state index in [1.54, 1.807) is 12.1 Å². The SMILES string of the molecule is O=C(O)c1cncnc1CNc1c(F)cccc1Br. The molecule has 0 aliphatic heterocycles. The van der Waals surface area contributed by atoms with E-state index in [4.69, 9.17) is 5.11 Å². The van der Waals surface area contributed by atoms with Gasteiger partial charge < -0.3 is 10.4 Å². The molecule has 2 N–H and O–H groups in total. The van der Waals surface area contributed by atoms with Crippen molar-refractivity contribution in [2.24, 2.45) is 0 Å². The fourth-order valence-electron chi connectivity index (χ4n) is 1.51. The molecule has 2 aromatic rings. The average molecular weight is 326 g/mol. The van der Waals surface area contributed by atoms with Crippen molar-refractivity contribution in [1.29, 1.82) is 0 Å². The molecule has 1 heterocycles. The number of nitrogens with zero attached hydrogens (tertiary/aromatic N) is 2. The molecule has 2 rings (SSSR count). The van der Waals surface area contributed by atoms with E-state index in [9.17, 15) is 9.18 Å². The lowest BCUT2D eigenvalue weighted by atomic mass is 10.2. The van der Waals surface area contributed by atoms with E-state index in [-0.39, 0.29) is 23.5 Å². The van der Waals surface area contributed by atoms with Crippen LogP contribution in [0.4, 0.5) is 10.1 Å². The molecule has 19 heavy (non-hydrogen) atoms. The Morgan fingerprint density at radius 3 is 2.95 bits per heavy atom. The summed E-state index contributed by atoms with van der Waals surface area (Å²) in [5.74, 6) is -1.55. The van der Waals surface area contributed by atoms with Gasteiger partial charge in [0, 0.05) is 10.7 Å². The lowest BCUT2D eigenvalue weighted by molar-refractivity contribution is 0.0694. The Kier molecular flexibility index (Phi) is 4.06. The number of nitrogens with one attached hydrogen (secondary N) is 1. The second-order valence-electron chi connectivity index (χ2n) is 3.64. The van der Waals surface area contributed by atoms with Crippen LogP contribution < -0.4 is 5.32 Å². The fraction of sp³-hybridized carbons (Fsp3) is 0.0833. The van der Waals surface area contributed by atoms with E-state index in [1.165, 1.54) is 18.6 Å². The second-order valence-corrected chi connectivity index (χ2v) is 4.49. The van der Waals surface area contributed by atoms with Gasteiger partial charge in [-0.05, 0) is 28.1 Å². The van der Waals surface area contributed by atoms with Gasteiger partial charge in [-0.3, -0.25) is 0 Å². The number of carboxylic acids is 1. The fourth-order valence-corrected chi connectivity index (χ4v) is 2.00. The van der Waals surface area contributed by atoms with Gasteiger partial charge in [-0.1, -0.05) is 6.07 Å². The van der Waals surface area contributed by atoms with Crippen LogP contribution in [0.1, 0.15) is 16.1 Å². The topological polar surface area (TPSA) is 75.1 Å². The number of rotatable bonds is 4. The molecular weight excluding hydrogens is 317 g/mol. The molecule has 0 atom stereocenters. The van der Waals surface area contributed by atoms with Gasteiger partial charge in [0.25, 0.3) is 0 Å². The van der Waals surface area contributed by atoms with Crippen LogP contribution >= 0.6 is 15.9 Å². The summed E-state index contributed by atoms with van der Waals surface area (Å²) < 4.78 is 14.1. The molecule has 0 saturated heterocycles. The maximum atomic E-state index is 13.6. The number of benzene rings is 1. The van der Waals surface area contributed by atoms with E-state index in [2.05, 4.69) is 31.2 Å². The zero-order chi connectivity index (χ0) is 13.8. The first kappa shape index (κ1) is 13.4. The van der Waals surface area contributed by atoms with Gasteiger partial charge in [0.15, 0.2) is 0 Å². The van der Waals surface area contributed by atoms with E-state index in [0.29, 0.717) is 4.47 Å². The molecule has 0 bridgehead atoms. The van der Waals surface area contributed by atoms with E-state index in [1.807, 2.05) is 0 Å². The molecule has 0 fully saturated rings. The first-order valence-corrected chi connectivity index (χ1v) is 6.09. The highest BCUT2D eigenvalue weighted by Crippen LogP contribution is 2.25. The van der Waals surface area contributed by atoms with Gasteiger partial charge >= 0.3 is 5.97 Å². The first-order chi connectivity index (χ1) is 9.09. The van der Waals surface area contributed by atoms with Gasteiger partial charge in [0.1, 0.15) is 17.7 Å². The Hall–Kier alpha value is -2.02. The normalized spacial score (nSPS) is 10.2. The smallest absolute Gasteiger partial charge is 0.339 e. The molecule has 0 unspecified atom stereocenters. The minimum atomic E-state index is -1.12. The van der Waals surface area contributed by atoms with Crippen molar-refractivity contribution in [3.05, 3.63) is 52.3 Å². The van der Waals surface area contributed by atoms with Crippen molar-refractivity contribution in [3.8, 4) is 0 Å². The number of anilines is 1. The number of aromatic nitrogens is 2. The standard InChI is InChI=1S/C12H9BrFN3O2/c13-8-2-1-3-9(14)11(8)16-5-10-7(12(18)19)4-15-6-17-10/h1-4,6,16H,5H2,(H,18,19). The lowest BCUT2D eigenvalue weighted by Crippen LogP contribution is -2.10. The Labute approximate surface area is 116 Å². The van der Waals surface area contributed by atoms with Crippen molar-refractivity contribution < 1.29 is 14.3 Å². The number of carbonyl (C=O) groups is 1. The van der Waals surface area contributed by atoms with E-state index >= 15 is 0 Å². The average Bonchev–Trinajstić information content (AvgIpc) is 2.38. The largest absolute Gasteiger partial charge is 0.478 e. The van der Waals surface area contributed by atoms with Crippen LogP contribution in [0.3, 0.4) is 0 Å². The van der Waals surface area contributed by atoms with Crippen LogP contribution in [0.15, 0.2) is 35.2 Å². The van der Waals surface area contributed by atoms with Crippen molar-refractivity contribution in [1.82, 2.24) is 9.97 Å². The van der Waals surface area contributed by atoms with E-state index in [0.717, 1.165) is 0 Å². The number of carboxylic acid groups (broad SMARTS) is 1. The number of aromatic carboxylic acids is 1. The Morgan fingerprint density at radius 1 is 1.47 bits per heavy atom. The molecule has 0 amide bonds. The quantitative estimate of drug-likeness (QED) is 0.903. The minimum Gasteiger partial charge on any atom is -0.478 e. The molecule has 5 nitrogen and oxygen atoms in total. The zero-order valence-corrected chi connectivity index (χ0v) is 11.2. The molecule has 0 saturated carbocycles.